The number of hydrogen-bond acceptors (Lipinski definition) is 2. The van der Waals surface area contributed by atoms with Gasteiger partial charge in [0, 0.05) is 16.6 Å². The summed E-state index contributed by atoms with van der Waals surface area (Å²) in [6.45, 7) is 4.03. The second kappa shape index (κ2) is 4.87. The Morgan fingerprint density at radius 1 is 1.41 bits per heavy atom. The summed E-state index contributed by atoms with van der Waals surface area (Å²) in [6, 6.07) is 2.04. The van der Waals surface area contributed by atoms with E-state index in [9.17, 15) is 0 Å². The molecule has 1 fully saturated rings. The third-order valence-corrected chi connectivity index (χ3v) is 4.49. The highest BCUT2D eigenvalue weighted by atomic mass is 35.5. The Hall–Kier alpha value is -0.730. The molecule has 1 aliphatic rings. The highest BCUT2D eigenvalue weighted by molar-refractivity contribution is 6.32. The highest BCUT2D eigenvalue weighted by Crippen LogP contribution is 2.42. The van der Waals surface area contributed by atoms with Crippen LogP contribution in [0, 0.1) is 19.8 Å². The molecule has 1 aliphatic carbocycles. The summed E-state index contributed by atoms with van der Waals surface area (Å²) in [4.78, 5) is 0. The first-order chi connectivity index (χ1) is 8.06. The van der Waals surface area contributed by atoms with E-state index in [1.54, 1.807) is 7.11 Å². The molecule has 0 spiro atoms. The maximum Gasteiger partial charge on any atom is 0.124 e. The molecule has 1 saturated carbocycles. The maximum absolute atomic E-state index is 6.36. The van der Waals surface area contributed by atoms with Crippen molar-refractivity contribution in [1.29, 1.82) is 0 Å². The number of methoxy groups -OCH3 is 1. The van der Waals surface area contributed by atoms with Gasteiger partial charge in [-0.3, -0.25) is 0 Å². The van der Waals surface area contributed by atoms with Crippen molar-refractivity contribution in [2.24, 2.45) is 11.7 Å². The summed E-state index contributed by atoms with van der Waals surface area (Å²) < 4.78 is 5.46. The summed E-state index contributed by atoms with van der Waals surface area (Å²) in [5.41, 5.74) is 9.57. The van der Waals surface area contributed by atoms with E-state index in [0.29, 0.717) is 5.92 Å². The van der Waals surface area contributed by atoms with Gasteiger partial charge in [0.2, 0.25) is 0 Å². The van der Waals surface area contributed by atoms with Gasteiger partial charge in [0.15, 0.2) is 0 Å². The smallest absolute Gasteiger partial charge is 0.124 e. The standard InChI is InChI=1S/C14H20ClNO/c1-8-7-11(17-3)12(9(2)13(8)15)14(16)10-5-4-6-10/h7,10,14H,4-6,16H2,1-3H3. The van der Waals surface area contributed by atoms with E-state index in [1.807, 2.05) is 19.9 Å². The van der Waals surface area contributed by atoms with Crippen LogP contribution >= 0.6 is 11.6 Å². The van der Waals surface area contributed by atoms with E-state index < -0.39 is 0 Å². The molecular formula is C14H20ClNO. The van der Waals surface area contributed by atoms with Crippen LogP contribution < -0.4 is 10.5 Å². The van der Waals surface area contributed by atoms with Gasteiger partial charge in [-0.05, 0) is 49.8 Å². The maximum atomic E-state index is 6.36. The molecular weight excluding hydrogens is 234 g/mol. The minimum atomic E-state index is 0.0526. The summed E-state index contributed by atoms with van der Waals surface area (Å²) in [7, 11) is 1.69. The molecule has 1 aromatic rings. The van der Waals surface area contributed by atoms with E-state index in [-0.39, 0.29) is 6.04 Å². The fourth-order valence-corrected chi connectivity index (χ4v) is 2.71. The van der Waals surface area contributed by atoms with Crippen LogP contribution in [-0.2, 0) is 0 Å². The molecule has 1 atom stereocenters. The fraction of sp³-hybridized carbons (Fsp3) is 0.571. The molecule has 0 amide bonds. The van der Waals surface area contributed by atoms with Crippen molar-refractivity contribution >= 4 is 11.6 Å². The van der Waals surface area contributed by atoms with Crippen molar-refractivity contribution in [3.05, 3.63) is 27.8 Å². The summed E-state index contributed by atoms with van der Waals surface area (Å²) in [5, 5.41) is 0.815. The van der Waals surface area contributed by atoms with Crippen LogP contribution in [0.4, 0.5) is 0 Å². The second-order valence-corrected chi connectivity index (χ2v) is 5.34. The first-order valence-corrected chi connectivity index (χ1v) is 6.53. The summed E-state index contributed by atoms with van der Waals surface area (Å²) >= 11 is 6.31. The van der Waals surface area contributed by atoms with Crippen LogP contribution in [0.5, 0.6) is 5.75 Å². The molecule has 0 bridgehead atoms. The van der Waals surface area contributed by atoms with Crippen LogP contribution in [0.25, 0.3) is 0 Å². The van der Waals surface area contributed by atoms with Crippen molar-refractivity contribution in [3.8, 4) is 5.75 Å². The summed E-state index contributed by atoms with van der Waals surface area (Å²) in [6.07, 6.45) is 3.73. The number of nitrogens with two attached hydrogens (primary N) is 1. The highest BCUT2D eigenvalue weighted by Gasteiger charge is 2.29. The van der Waals surface area contributed by atoms with Gasteiger partial charge in [-0.2, -0.15) is 0 Å². The molecule has 1 unspecified atom stereocenters. The third-order valence-electron chi connectivity index (χ3n) is 3.90. The van der Waals surface area contributed by atoms with E-state index in [4.69, 9.17) is 22.1 Å². The number of aryl methyl sites for hydroxylation is 1. The molecule has 0 saturated heterocycles. The Kier molecular flexibility index (Phi) is 3.64. The molecule has 1 aromatic carbocycles. The first kappa shape index (κ1) is 12.7. The van der Waals surface area contributed by atoms with Crippen molar-refractivity contribution in [3.63, 3.8) is 0 Å². The van der Waals surface area contributed by atoms with Crippen molar-refractivity contribution in [2.45, 2.75) is 39.2 Å². The third kappa shape index (κ3) is 2.16. The molecule has 17 heavy (non-hydrogen) atoms. The zero-order valence-corrected chi connectivity index (χ0v) is 11.5. The molecule has 0 heterocycles. The van der Waals surface area contributed by atoms with Crippen molar-refractivity contribution in [2.75, 3.05) is 7.11 Å². The lowest BCUT2D eigenvalue weighted by molar-refractivity contribution is 0.259. The Labute approximate surface area is 108 Å². The SMILES string of the molecule is COc1cc(C)c(Cl)c(C)c1C(N)C1CCC1. The average molecular weight is 254 g/mol. The summed E-state index contributed by atoms with van der Waals surface area (Å²) in [5.74, 6) is 1.46. The van der Waals surface area contributed by atoms with E-state index in [1.165, 1.54) is 19.3 Å². The van der Waals surface area contributed by atoms with E-state index in [2.05, 4.69) is 0 Å². The van der Waals surface area contributed by atoms with Crippen LogP contribution in [0.3, 0.4) is 0 Å². The molecule has 0 radical (unpaired) electrons. The van der Waals surface area contributed by atoms with Gasteiger partial charge in [0.05, 0.1) is 7.11 Å². The molecule has 2 nitrogen and oxygen atoms in total. The zero-order chi connectivity index (χ0) is 12.6. The van der Waals surface area contributed by atoms with Crippen LogP contribution in [0.15, 0.2) is 6.07 Å². The molecule has 3 heteroatoms. The molecule has 0 aromatic heterocycles. The van der Waals surface area contributed by atoms with Gasteiger partial charge in [-0.25, -0.2) is 0 Å². The Morgan fingerprint density at radius 3 is 2.53 bits per heavy atom. The van der Waals surface area contributed by atoms with Gasteiger partial charge < -0.3 is 10.5 Å². The van der Waals surface area contributed by atoms with Crippen molar-refractivity contribution in [1.82, 2.24) is 0 Å². The first-order valence-electron chi connectivity index (χ1n) is 6.15. The Morgan fingerprint density at radius 2 is 2.06 bits per heavy atom. The second-order valence-electron chi connectivity index (χ2n) is 4.97. The zero-order valence-electron chi connectivity index (χ0n) is 10.7. The minimum Gasteiger partial charge on any atom is -0.496 e. The van der Waals surface area contributed by atoms with Crippen molar-refractivity contribution < 1.29 is 4.74 Å². The normalized spacial score (nSPS) is 17.7. The predicted octanol–water partition coefficient (Wildman–Crippen LogP) is 3.77. The van der Waals surface area contributed by atoms with Crippen LogP contribution in [-0.4, -0.2) is 7.11 Å². The van der Waals surface area contributed by atoms with Crippen LogP contribution in [0.2, 0.25) is 5.02 Å². The topological polar surface area (TPSA) is 35.2 Å². The van der Waals surface area contributed by atoms with E-state index >= 15 is 0 Å². The van der Waals surface area contributed by atoms with Gasteiger partial charge in [0.1, 0.15) is 5.75 Å². The average Bonchev–Trinajstić information content (AvgIpc) is 2.22. The lowest BCUT2D eigenvalue weighted by atomic mass is 9.76. The number of benzene rings is 1. The van der Waals surface area contributed by atoms with Gasteiger partial charge in [0.25, 0.3) is 0 Å². The fourth-order valence-electron chi connectivity index (χ4n) is 2.55. The lowest BCUT2D eigenvalue weighted by Gasteiger charge is -2.33. The van der Waals surface area contributed by atoms with E-state index in [0.717, 1.165) is 27.5 Å². The minimum absolute atomic E-state index is 0.0526. The molecule has 0 aliphatic heterocycles. The van der Waals surface area contributed by atoms with Crippen LogP contribution in [0.1, 0.15) is 42.0 Å². The monoisotopic (exact) mass is 253 g/mol. The number of halogens is 1. The Balaban J connectivity index is 2.46. The quantitative estimate of drug-likeness (QED) is 0.890. The number of rotatable bonds is 3. The van der Waals surface area contributed by atoms with Gasteiger partial charge in [-0.1, -0.05) is 18.0 Å². The molecule has 2 rings (SSSR count). The predicted molar refractivity (Wildman–Crippen MR) is 71.7 cm³/mol. The number of ether oxygens (including phenoxy) is 1. The number of hydrogen-bond donors (Lipinski definition) is 1. The largest absolute Gasteiger partial charge is 0.496 e. The molecule has 94 valence electrons. The van der Waals surface area contributed by atoms with Gasteiger partial charge >= 0.3 is 0 Å². The lowest BCUT2D eigenvalue weighted by Crippen LogP contribution is -2.28. The van der Waals surface area contributed by atoms with Gasteiger partial charge in [-0.15, -0.1) is 0 Å². The molecule has 2 N–H and O–H groups in total. The Bertz CT molecular complexity index is 427.